The first-order valence-corrected chi connectivity index (χ1v) is 7.51. The summed E-state index contributed by atoms with van der Waals surface area (Å²) in [7, 11) is 0. The molecule has 0 aromatic rings. The molecule has 0 heterocycles. The van der Waals surface area contributed by atoms with Crippen LogP contribution in [0.2, 0.25) is 0 Å². The van der Waals surface area contributed by atoms with Gasteiger partial charge in [0.15, 0.2) is 0 Å². The number of carbonyl (C=O) groups is 1. The quantitative estimate of drug-likeness (QED) is 0.719. The Bertz CT molecular complexity index is 292. The molecular formula is C15H30N2O2. The number of urea groups is 1. The van der Waals surface area contributed by atoms with Crippen molar-refractivity contribution in [2.24, 2.45) is 17.3 Å². The van der Waals surface area contributed by atoms with Gasteiger partial charge in [-0.25, -0.2) is 4.79 Å². The number of aliphatic hydroxyl groups is 1. The molecule has 0 aliphatic heterocycles. The van der Waals surface area contributed by atoms with Crippen LogP contribution in [0.15, 0.2) is 0 Å². The topological polar surface area (TPSA) is 61.4 Å². The van der Waals surface area contributed by atoms with E-state index in [2.05, 4.69) is 38.3 Å². The second-order valence-corrected chi connectivity index (χ2v) is 6.84. The number of carbonyl (C=O) groups excluding carboxylic acids is 1. The Morgan fingerprint density at radius 3 is 2.63 bits per heavy atom. The standard InChI is InChI=1S/C15H30N2O2/c1-11-6-5-7-13(12(11)2)17-14(19)16-10-15(3,4)8-9-18/h11-13,18H,5-10H2,1-4H3,(H2,16,17,19). The van der Waals surface area contributed by atoms with E-state index in [9.17, 15) is 4.79 Å². The van der Waals surface area contributed by atoms with E-state index in [0.717, 1.165) is 6.42 Å². The van der Waals surface area contributed by atoms with Gasteiger partial charge in [-0.1, -0.05) is 40.5 Å². The van der Waals surface area contributed by atoms with Crippen LogP contribution in [0.1, 0.15) is 53.4 Å². The maximum atomic E-state index is 11.9. The first kappa shape index (κ1) is 16.3. The first-order valence-electron chi connectivity index (χ1n) is 7.51. The Balaban J connectivity index is 2.34. The van der Waals surface area contributed by atoms with E-state index >= 15 is 0 Å². The molecular weight excluding hydrogens is 240 g/mol. The van der Waals surface area contributed by atoms with Crippen molar-refractivity contribution in [2.45, 2.75) is 59.4 Å². The van der Waals surface area contributed by atoms with E-state index in [0.29, 0.717) is 30.8 Å². The minimum atomic E-state index is -0.0723. The third-order valence-corrected chi connectivity index (χ3v) is 4.54. The maximum Gasteiger partial charge on any atom is 0.315 e. The monoisotopic (exact) mass is 270 g/mol. The molecule has 0 aromatic heterocycles. The molecule has 3 N–H and O–H groups in total. The van der Waals surface area contributed by atoms with Gasteiger partial charge in [0.05, 0.1) is 0 Å². The molecule has 112 valence electrons. The average molecular weight is 270 g/mol. The van der Waals surface area contributed by atoms with Gasteiger partial charge >= 0.3 is 6.03 Å². The molecule has 1 aliphatic rings. The van der Waals surface area contributed by atoms with Crippen molar-refractivity contribution in [3.05, 3.63) is 0 Å². The maximum absolute atomic E-state index is 11.9. The van der Waals surface area contributed by atoms with Gasteiger partial charge < -0.3 is 15.7 Å². The normalized spacial score (nSPS) is 27.9. The molecule has 0 bridgehead atoms. The van der Waals surface area contributed by atoms with E-state index in [1.807, 2.05) is 0 Å². The zero-order chi connectivity index (χ0) is 14.5. The summed E-state index contributed by atoms with van der Waals surface area (Å²) in [5.41, 5.74) is -0.0580. The predicted molar refractivity (Wildman–Crippen MR) is 78.0 cm³/mol. The van der Waals surface area contributed by atoms with Crippen molar-refractivity contribution in [3.8, 4) is 0 Å². The highest BCUT2D eigenvalue weighted by Gasteiger charge is 2.28. The minimum Gasteiger partial charge on any atom is -0.396 e. The first-order chi connectivity index (χ1) is 8.85. The Kier molecular flexibility index (Phi) is 6.11. The van der Waals surface area contributed by atoms with Gasteiger partial charge in [0.25, 0.3) is 0 Å². The van der Waals surface area contributed by atoms with Gasteiger partial charge in [-0.15, -0.1) is 0 Å². The molecule has 4 heteroatoms. The highest BCUT2D eigenvalue weighted by Crippen LogP contribution is 2.29. The van der Waals surface area contributed by atoms with Crippen molar-refractivity contribution in [3.63, 3.8) is 0 Å². The van der Waals surface area contributed by atoms with Crippen LogP contribution in [-0.4, -0.2) is 30.3 Å². The van der Waals surface area contributed by atoms with Crippen molar-refractivity contribution in [2.75, 3.05) is 13.2 Å². The fraction of sp³-hybridized carbons (Fsp3) is 0.933. The highest BCUT2D eigenvalue weighted by molar-refractivity contribution is 5.74. The summed E-state index contributed by atoms with van der Waals surface area (Å²) in [6, 6.07) is 0.224. The van der Waals surface area contributed by atoms with Crippen LogP contribution in [0.3, 0.4) is 0 Å². The SMILES string of the molecule is CC1CCCC(NC(=O)NCC(C)(C)CCO)C1C. The van der Waals surface area contributed by atoms with Gasteiger partial charge in [-0.05, 0) is 30.1 Å². The highest BCUT2D eigenvalue weighted by atomic mass is 16.3. The molecule has 3 atom stereocenters. The van der Waals surface area contributed by atoms with Gasteiger partial charge in [0, 0.05) is 19.2 Å². The molecule has 2 amide bonds. The van der Waals surface area contributed by atoms with E-state index in [4.69, 9.17) is 5.11 Å². The number of hydrogen-bond acceptors (Lipinski definition) is 2. The summed E-state index contributed by atoms with van der Waals surface area (Å²) in [6.07, 6.45) is 4.25. The average Bonchev–Trinajstić information content (AvgIpc) is 2.33. The molecule has 3 unspecified atom stereocenters. The Morgan fingerprint density at radius 1 is 1.32 bits per heavy atom. The van der Waals surface area contributed by atoms with Gasteiger partial charge in [0.2, 0.25) is 0 Å². The van der Waals surface area contributed by atoms with E-state index in [1.165, 1.54) is 12.8 Å². The van der Waals surface area contributed by atoms with E-state index < -0.39 is 0 Å². The second kappa shape index (κ2) is 7.13. The largest absolute Gasteiger partial charge is 0.396 e. The molecule has 1 rings (SSSR count). The lowest BCUT2D eigenvalue weighted by molar-refractivity contribution is 0.184. The van der Waals surface area contributed by atoms with Crippen molar-refractivity contribution < 1.29 is 9.90 Å². The van der Waals surface area contributed by atoms with Crippen LogP contribution >= 0.6 is 0 Å². The molecule has 1 fully saturated rings. The lowest BCUT2D eigenvalue weighted by Crippen LogP contribution is -2.49. The molecule has 0 aromatic carbocycles. The molecule has 0 saturated heterocycles. The van der Waals surface area contributed by atoms with E-state index in [1.54, 1.807) is 0 Å². The number of aliphatic hydroxyl groups excluding tert-OH is 1. The van der Waals surface area contributed by atoms with Crippen LogP contribution in [-0.2, 0) is 0 Å². The number of amides is 2. The van der Waals surface area contributed by atoms with Gasteiger partial charge in [0.1, 0.15) is 0 Å². The van der Waals surface area contributed by atoms with Gasteiger partial charge in [-0.3, -0.25) is 0 Å². The van der Waals surface area contributed by atoms with Crippen LogP contribution in [0.4, 0.5) is 4.79 Å². The predicted octanol–water partition coefficient (Wildman–Crippen LogP) is 2.52. The second-order valence-electron chi connectivity index (χ2n) is 6.84. The number of nitrogens with one attached hydrogen (secondary N) is 2. The molecule has 0 spiro atoms. The third kappa shape index (κ3) is 5.39. The third-order valence-electron chi connectivity index (χ3n) is 4.54. The molecule has 1 saturated carbocycles. The molecule has 4 nitrogen and oxygen atoms in total. The van der Waals surface area contributed by atoms with Crippen LogP contribution in [0, 0.1) is 17.3 Å². The Labute approximate surface area is 117 Å². The summed E-state index contributed by atoms with van der Waals surface area (Å²) in [5, 5.41) is 15.0. The van der Waals surface area contributed by atoms with Crippen LogP contribution < -0.4 is 10.6 Å². The summed E-state index contributed by atoms with van der Waals surface area (Å²) in [4.78, 5) is 11.9. The fourth-order valence-corrected chi connectivity index (χ4v) is 2.72. The summed E-state index contributed by atoms with van der Waals surface area (Å²) >= 11 is 0. The zero-order valence-electron chi connectivity index (χ0n) is 12.8. The smallest absolute Gasteiger partial charge is 0.315 e. The lowest BCUT2D eigenvalue weighted by Gasteiger charge is -2.35. The summed E-state index contributed by atoms with van der Waals surface area (Å²) in [5.74, 6) is 1.23. The summed E-state index contributed by atoms with van der Waals surface area (Å²) in [6.45, 7) is 9.35. The number of hydrogen-bond donors (Lipinski definition) is 3. The van der Waals surface area contributed by atoms with Crippen LogP contribution in [0.5, 0.6) is 0 Å². The summed E-state index contributed by atoms with van der Waals surface area (Å²) < 4.78 is 0. The van der Waals surface area contributed by atoms with Crippen molar-refractivity contribution in [1.82, 2.24) is 10.6 Å². The number of rotatable bonds is 5. The fourth-order valence-electron chi connectivity index (χ4n) is 2.72. The zero-order valence-corrected chi connectivity index (χ0v) is 12.8. The van der Waals surface area contributed by atoms with Crippen LogP contribution in [0.25, 0.3) is 0 Å². The Hall–Kier alpha value is -0.770. The molecule has 0 radical (unpaired) electrons. The van der Waals surface area contributed by atoms with Gasteiger partial charge in [-0.2, -0.15) is 0 Å². The van der Waals surface area contributed by atoms with Crippen molar-refractivity contribution in [1.29, 1.82) is 0 Å². The van der Waals surface area contributed by atoms with E-state index in [-0.39, 0.29) is 18.1 Å². The molecule has 1 aliphatic carbocycles. The molecule has 19 heavy (non-hydrogen) atoms. The van der Waals surface area contributed by atoms with Crippen molar-refractivity contribution >= 4 is 6.03 Å². The lowest BCUT2D eigenvalue weighted by atomic mass is 9.78. The minimum absolute atomic E-state index is 0.0580. The Morgan fingerprint density at radius 2 is 2.00 bits per heavy atom.